The number of aromatic nitrogens is 2. The lowest BCUT2D eigenvalue weighted by molar-refractivity contribution is 0.239. The van der Waals surface area contributed by atoms with E-state index in [1.54, 1.807) is 7.11 Å². The van der Waals surface area contributed by atoms with Crippen molar-refractivity contribution in [2.45, 2.75) is 39.3 Å². The van der Waals surface area contributed by atoms with Crippen molar-refractivity contribution in [1.82, 2.24) is 10.1 Å². The second-order valence-corrected chi connectivity index (χ2v) is 4.84. The van der Waals surface area contributed by atoms with Crippen LogP contribution in [0, 0.1) is 0 Å². The lowest BCUT2D eigenvalue weighted by Crippen LogP contribution is -2.08. The lowest BCUT2D eigenvalue weighted by atomic mass is 10.1. The quantitative estimate of drug-likeness (QED) is 0.844. The molecular formula is C15H21N3O3. The van der Waals surface area contributed by atoms with Crippen LogP contribution in [0.1, 0.15) is 43.6 Å². The topological polar surface area (TPSA) is 83.4 Å². The van der Waals surface area contributed by atoms with Crippen LogP contribution >= 0.6 is 0 Å². The minimum atomic E-state index is -0.135. The first-order chi connectivity index (χ1) is 10.1. The third-order valence-corrected chi connectivity index (χ3v) is 3.05. The van der Waals surface area contributed by atoms with E-state index in [9.17, 15) is 0 Å². The molecule has 0 aliphatic rings. The second kappa shape index (κ2) is 7.08. The number of hydrogen-bond acceptors (Lipinski definition) is 6. The standard InChI is InChI=1S/C15H21N3O3/c1-4-5-14-17-15(21-18-14)9-20-13-8-11(19-3)6-7-12(13)10(2)16/h6-8,10H,4-5,9,16H2,1-3H3. The summed E-state index contributed by atoms with van der Waals surface area (Å²) < 4.78 is 16.1. The van der Waals surface area contributed by atoms with Gasteiger partial charge in [0, 0.05) is 24.1 Å². The van der Waals surface area contributed by atoms with Gasteiger partial charge in [0.2, 0.25) is 0 Å². The highest BCUT2D eigenvalue weighted by atomic mass is 16.5. The van der Waals surface area contributed by atoms with Gasteiger partial charge >= 0.3 is 0 Å². The fraction of sp³-hybridized carbons (Fsp3) is 0.467. The summed E-state index contributed by atoms with van der Waals surface area (Å²) >= 11 is 0. The smallest absolute Gasteiger partial charge is 0.264 e. The van der Waals surface area contributed by atoms with Crippen LogP contribution < -0.4 is 15.2 Å². The van der Waals surface area contributed by atoms with Crippen LogP contribution in [0.2, 0.25) is 0 Å². The highest BCUT2D eigenvalue weighted by molar-refractivity contribution is 5.42. The van der Waals surface area contributed by atoms with Crippen LogP contribution in [0.15, 0.2) is 22.7 Å². The van der Waals surface area contributed by atoms with Crippen LogP contribution in [-0.4, -0.2) is 17.3 Å². The molecule has 2 rings (SSSR count). The molecule has 114 valence electrons. The Kier molecular flexibility index (Phi) is 5.16. The number of methoxy groups -OCH3 is 1. The van der Waals surface area contributed by atoms with E-state index in [0.717, 1.165) is 18.4 Å². The van der Waals surface area contributed by atoms with Gasteiger partial charge in [-0.05, 0) is 19.4 Å². The van der Waals surface area contributed by atoms with Gasteiger partial charge in [0.15, 0.2) is 12.4 Å². The number of rotatable bonds is 7. The molecule has 1 aromatic carbocycles. The van der Waals surface area contributed by atoms with Gasteiger partial charge in [0.05, 0.1) is 7.11 Å². The van der Waals surface area contributed by atoms with Crippen molar-refractivity contribution in [1.29, 1.82) is 0 Å². The highest BCUT2D eigenvalue weighted by Gasteiger charge is 2.12. The minimum Gasteiger partial charge on any atom is -0.497 e. The SMILES string of the molecule is CCCc1noc(COc2cc(OC)ccc2C(C)N)n1. The van der Waals surface area contributed by atoms with E-state index < -0.39 is 0 Å². The molecule has 2 aromatic rings. The van der Waals surface area contributed by atoms with E-state index in [2.05, 4.69) is 17.1 Å². The van der Waals surface area contributed by atoms with E-state index in [1.807, 2.05) is 25.1 Å². The monoisotopic (exact) mass is 291 g/mol. The van der Waals surface area contributed by atoms with Crippen molar-refractivity contribution in [2.75, 3.05) is 7.11 Å². The Labute approximate surface area is 124 Å². The maximum atomic E-state index is 5.95. The fourth-order valence-electron chi connectivity index (χ4n) is 1.96. The maximum Gasteiger partial charge on any atom is 0.264 e. The molecule has 6 heteroatoms. The van der Waals surface area contributed by atoms with Crippen molar-refractivity contribution in [3.05, 3.63) is 35.5 Å². The van der Waals surface area contributed by atoms with E-state index in [-0.39, 0.29) is 12.6 Å². The molecule has 0 bridgehead atoms. The third kappa shape index (κ3) is 3.95. The number of hydrogen-bond donors (Lipinski definition) is 1. The van der Waals surface area contributed by atoms with E-state index in [1.165, 1.54) is 0 Å². The molecule has 0 amide bonds. The number of nitrogens with zero attached hydrogens (tertiary/aromatic N) is 2. The second-order valence-electron chi connectivity index (χ2n) is 4.84. The summed E-state index contributed by atoms with van der Waals surface area (Å²) in [4.78, 5) is 4.27. The van der Waals surface area contributed by atoms with Gasteiger partial charge in [-0.15, -0.1) is 0 Å². The van der Waals surface area contributed by atoms with Gasteiger partial charge < -0.3 is 19.7 Å². The van der Waals surface area contributed by atoms with Gasteiger partial charge in [-0.2, -0.15) is 4.98 Å². The zero-order valence-electron chi connectivity index (χ0n) is 12.6. The molecule has 0 aliphatic carbocycles. The molecule has 21 heavy (non-hydrogen) atoms. The third-order valence-electron chi connectivity index (χ3n) is 3.05. The van der Waals surface area contributed by atoms with Crippen LogP contribution in [0.25, 0.3) is 0 Å². The molecule has 1 atom stereocenters. The summed E-state index contributed by atoms with van der Waals surface area (Å²) in [6.45, 7) is 4.18. The van der Waals surface area contributed by atoms with Crippen LogP contribution in [0.4, 0.5) is 0 Å². The number of ether oxygens (including phenoxy) is 2. The fourth-order valence-corrected chi connectivity index (χ4v) is 1.96. The molecule has 1 unspecified atom stereocenters. The average Bonchev–Trinajstić information content (AvgIpc) is 2.92. The van der Waals surface area contributed by atoms with Crippen LogP contribution in [0.3, 0.4) is 0 Å². The number of nitrogens with two attached hydrogens (primary N) is 1. The van der Waals surface area contributed by atoms with Crippen molar-refractivity contribution in [3.63, 3.8) is 0 Å². The first-order valence-electron chi connectivity index (χ1n) is 7.01. The van der Waals surface area contributed by atoms with Crippen molar-refractivity contribution >= 4 is 0 Å². The Bertz CT molecular complexity index is 581. The average molecular weight is 291 g/mol. The Morgan fingerprint density at radius 2 is 2.19 bits per heavy atom. The molecule has 2 N–H and O–H groups in total. The van der Waals surface area contributed by atoms with Gasteiger partial charge in [-0.1, -0.05) is 18.1 Å². The Morgan fingerprint density at radius 1 is 1.38 bits per heavy atom. The van der Waals surface area contributed by atoms with Gasteiger partial charge in [-0.25, -0.2) is 0 Å². The van der Waals surface area contributed by atoms with Crippen molar-refractivity contribution in [2.24, 2.45) is 5.73 Å². The lowest BCUT2D eigenvalue weighted by Gasteiger charge is -2.14. The first kappa shape index (κ1) is 15.3. The summed E-state index contributed by atoms with van der Waals surface area (Å²) in [7, 11) is 1.61. The summed E-state index contributed by atoms with van der Waals surface area (Å²) in [6.07, 6.45) is 1.78. The molecule has 6 nitrogen and oxygen atoms in total. The van der Waals surface area contributed by atoms with Crippen molar-refractivity contribution < 1.29 is 14.0 Å². The highest BCUT2D eigenvalue weighted by Crippen LogP contribution is 2.29. The maximum absolute atomic E-state index is 5.95. The van der Waals surface area contributed by atoms with Gasteiger partial charge in [0.25, 0.3) is 5.89 Å². The number of benzene rings is 1. The Morgan fingerprint density at radius 3 is 2.86 bits per heavy atom. The van der Waals surface area contributed by atoms with Crippen LogP contribution in [0.5, 0.6) is 11.5 Å². The van der Waals surface area contributed by atoms with Crippen LogP contribution in [-0.2, 0) is 13.0 Å². The molecule has 0 spiro atoms. The molecule has 0 radical (unpaired) electrons. The molecular weight excluding hydrogens is 270 g/mol. The molecule has 0 saturated heterocycles. The summed E-state index contributed by atoms with van der Waals surface area (Å²) in [5.41, 5.74) is 6.85. The predicted octanol–water partition coefficient (Wildman–Crippen LogP) is 2.63. The van der Waals surface area contributed by atoms with E-state index in [0.29, 0.717) is 23.2 Å². The number of aryl methyl sites for hydroxylation is 1. The minimum absolute atomic E-state index is 0.135. The zero-order valence-corrected chi connectivity index (χ0v) is 12.6. The zero-order chi connectivity index (χ0) is 15.2. The predicted molar refractivity (Wildman–Crippen MR) is 78.2 cm³/mol. The van der Waals surface area contributed by atoms with E-state index in [4.69, 9.17) is 19.7 Å². The van der Waals surface area contributed by atoms with Gasteiger partial charge in [0.1, 0.15) is 11.5 Å². The summed E-state index contributed by atoms with van der Waals surface area (Å²) in [5, 5.41) is 3.89. The molecule has 0 aliphatic heterocycles. The normalized spacial score (nSPS) is 12.2. The molecule has 1 heterocycles. The first-order valence-corrected chi connectivity index (χ1v) is 7.01. The largest absolute Gasteiger partial charge is 0.497 e. The van der Waals surface area contributed by atoms with E-state index >= 15 is 0 Å². The molecule has 0 fully saturated rings. The van der Waals surface area contributed by atoms with Crippen molar-refractivity contribution in [3.8, 4) is 11.5 Å². The summed E-state index contributed by atoms with van der Waals surface area (Å²) in [6, 6.07) is 5.43. The Hall–Kier alpha value is -2.08. The molecule has 1 aromatic heterocycles. The van der Waals surface area contributed by atoms with Gasteiger partial charge in [-0.3, -0.25) is 0 Å². The molecule has 0 saturated carbocycles. The Balaban J connectivity index is 2.10. The summed E-state index contributed by atoms with van der Waals surface area (Å²) in [5.74, 6) is 2.54.